The number of nitrogens with two attached hydrogens (primary N) is 2. The van der Waals surface area contributed by atoms with E-state index in [9.17, 15) is 4.79 Å². The Bertz CT molecular complexity index is 678. The number of aryl methyl sites for hydroxylation is 1. The SMILES string of the molecule is Cn1nc(C2COc3ccccc3C2)c(C(N)=O)c1N. The predicted octanol–water partition coefficient (Wildman–Crippen LogP) is 0.820. The molecule has 2 aromatic rings. The second-order valence-electron chi connectivity index (χ2n) is 4.95. The molecule has 4 N–H and O–H groups in total. The first-order valence-electron chi connectivity index (χ1n) is 6.40. The van der Waals surface area contributed by atoms with Crippen LogP contribution in [0.3, 0.4) is 0 Å². The number of aromatic nitrogens is 2. The van der Waals surface area contributed by atoms with E-state index in [1.54, 1.807) is 7.05 Å². The zero-order chi connectivity index (χ0) is 14.3. The molecule has 1 aliphatic rings. The van der Waals surface area contributed by atoms with Gasteiger partial charge in [0, 0.05) is 13.0 Å². The molecule has 6 nitrogen and oxygen atoms in total. The number of nitrogens with zero attached hydrogens (tertiary/aromatic N) is 2. The highest BCUT2D eigenvalue weighted by Gasteiger charge is 2.29. The van der Waals surface area contributed by atoms with Crippen LogP contribution in [0.2, 0.25) is 0 Å². The number of ether oxygens (including phenoxy) is 1. The number of amides is 1. The molecule has 0 spiro atoms. The molecule has 0 saturated heterocycles. The van der Waals surface area contributed by atoms with Crippen LogP contribution in [0.4, 0.5) is 5.82 Å². The second-order valence-corrected chi connectivity index (χ2v) is 4.95. The van der Waals surface area contributed by atoms with Gasteiger partial charge in [-0.1, -0.05) is 18.2 Å². The fraction of sp³-hybridized carbons (Fsp3) is 0.286. The highest BCUT2D eigenvalue weighted by molar-refractivity contribution is 5.98. The van der Waals surface area contributed by atoms with Crippen molar-refractivity contribution in [1.82, 2.24) is 9.78 Å². The van der Waals surface area contributed by atoms with Gasteiger partial charge in [-0.2, -0.15) is 5.10 Å². The van der Waals surface area contributed by atoms with E-state index in [4.69, 9.17) is 16.2 Å². The number of carbonyl (C=O) groups is 1. The van der Waals surface area contributed by atoms with Crippen molar-refractivity contribution >= 4 is 11.7 Å². The summed E-state index contributed by atoms with van der Waals surface area (Å²) in [6, 6.07) is 7.85. The van der Waals surface area contributed by atoms with Crippen molar-refractivity contribution in [3.63, 3.8) is 0 Å². The molecular weight excluding hydrogens is 256 g/mol. The van der Waals surface area contributed by atoms with Crippen LogP contribution in [-0.2, 0) is 13.5 Å². The molecule has 0 fully saturated rings. The summed E-state index contributed by atoms with van der Waals surface area (Å²) < 4.78 is 7.21. The number of nitrogen functional groups attached to an aromatic ring is 1. The minimum absolute atomic E-state index is 0.0177. The van der Waals surface area contributed by atoms with E-state index >= 15 is 0 Å². The van der Waals surface area contributed by atoms with E-state index in [0.717, 1.165) is 17.7 Å². The Morgan fingerprint density at radius 1 is 1.45 bits per heavy atom. The predicted molar refractivity (Wildman–Crippen MR) is 74.5 cm³/mol. The molecule has 0 bridgehead atoms. The number of hydrogen-bond donors (Lipinski definition) is 2. The first kappa shape index (κ1) is 12.5. The molecule has 1 aromatic heterocycles. The molecule has 2 heterocycles. The summed E-state index contributed by atoms with van der Waals surface area (Å²) >= 11 is 0. The van der Waals surface area contributed by atoms with Gasteiger partial charge in [-0.05, 0) is 18.1 Å². The third kappa shape index (κ3) is 1.89. The van der Waals surface area contributed by atoms with Gasteiger partial charge >= 0.3 is 0 Å². The quantitative estimate of drug-likeness (QED) is 0.846. The first-order valence-corrected chi connectivity index (χ1v) is 6.40. The van der Waals surface area contributed by atoms with Crippen LogP contribution in [0.1, 0.15) is 27.5 Å². The van der Waals surface area contributed by atoms with E-state index in [1.165, 1.54) is 4.68 Å². The van der Waals surface area contributed by atoms with E-state index < -0.39 is 5.91 Å². The lowest BCUT2D eigenvalue weighted by Crippen LogP contribution is -2.23. The average Bonchev–Trinajstić information content (AvgIpc) is 2.74. The lowest BCUT2D eigenvalue weighted by atomic mass is 9.92. The first-order chi connectivity index (χ1) is 9.58. The fourth-order valence-electron chi connectivity index (χ4n) is 2.60. The molecule has 6 heteroatoms. The number of primary amides is 1. The van der Waals surface area contributed by atoms with Gasteiger partial charge < -0.3 is 16.2 Å². The minimum Gasteiger partial charge on any atom is -0.493 e. The highest BCUT2D eigenvalue weighted by atomic mass is 16.5. The molecule has 1 atom stereocenters. The zero-order valence-electron chi connectivity index (χ0n) is 11.2. The molecule has 104 valence electrons. The molecule has 1 amide bonds. The van der Waals surface area contributed by atoms with Crippen LogP contribution >= 0.6 is 0 Å². The number of benzene rings is 1. The van der Waals surface area contributed by atoms with E-state index in [1.807, 2.05) is 24.3 Å². The van der Waals surface area contributed by atoms with Crippen molar-refractivity contribution in [3.05, 3.63) is 41.1 Å². The lowest BCUT2D eigenvalue weighted by molar-refractivity contribution is 0.0999. The smallest absolute Gasteiger partial charge is 0.254 e. The molecule has 0 radical (unpaired) electrons. The van der Waals surface area contributed by atoms with E-state index in [0.29, 0.717) is 23.7 Å². The van der Waals surface area contributed by atoms with Crippen molar-refractivity contribution in [2.45, 2.75) is 12.3 Å². The van der Waals surface area contributed by atoms with Gasteiger partial charge in [-0.15, -0.1) is 0 Å². The highest BCUT2D eigenvalue weighted by Crippen LogP contribution is 2.34. The molecular formula is C14H16N4O2. The van der Waals surface area contributed by atoms with Crippen molar-refractivity contribution in [1.29, 1.82) is 0 Å². The van der Waals surface area contributed by atoms with Gasteiger partial charge in [0.15, 0.2) is 0 Å². The summed E-state index contributed by atoms with van der Waals surface area (Å²) in [6.07, 6.45) is 0.757. The minimum atomic E-state index is -0.551. The topological polar surface area (TPSA) is 96.2 Å². The number of fused-ring (bicyclic) bond motifs is 1. The van der Waals surface area contributed by atoms with Crippen LogP contribution in [-0.4, -0.2) is 22.3 Å². The largest absolute Gasteiger partial charge is 0.493 e. The molecule has 0 saturated carbocycles. The summed E-state index contributed by atoms with van der Waals surface area (Å²) in [5.41, 5.74) is 13.3. The van der Waals surface area contributed by atoms with Crippen LogP contribution < -0.4 is 16.2 Å². The maximum Gasteiger partial charge on any atom is 0.254 e. The van der Waals surface area contributed by atoms with Gasteiger partial charge in [0.2, 0.25) is 0 Å². The lowest BCUT2D eigenvalue weighted by Gasteiger charge is -2.24. The number of carbonyl (C=O) groups excluding carboxylic acids is 1. The average molecular weight is 272 g/mol. The fourth-order valence-corrected chi connectivity index (χ4v) is 2.60. The number of para-hydroxylation sites is 1. The van der Waals surface area contributed by atoms with Crippen molar-refractivity contribution in [3.8, 4) is 5.75 Å². The van der Waals surface area contributed by atoms with Crippen LogP contribution in [0, 0.1) is 0 Å². The maximum atomic E-state index is 11.6. The normalized spacial score (nSPS) is 17.4. The maximum absolute atomic E-state index is 11.6. The molecule has 20 heavy (non-hydrogen) atoms. The van der Waals surface area contributed by atoms with Crippen LogP contribution in [0.25, 0.3) is 0 Å². The van der Waals surface area contributed by atoms with Gasteiger partial charge in [-0.3, -0.25) is 9.48 Å². The van der Waals surface area contributed by atoms with Gasteiger partial charge in [0.1, 0.15) is 17.1 Å². The van der Waals surface area contributed by atoms with E-state index in [-0.39, 0.29) is 5.92 Å². The van der Waals surface area contributed by atoms with Gasteiger partial charge in [0.05, 0.1) is 12.3 Å². The monoisotopic (exact) mass is 272 g/mol. The number of rotatable bonds is 2. The Kier molecular flexibility index (Phi) is 2.85. The molecule has 3 rings (SSSR count). The summed E-state index contributed by atoms with van der Waals surface area (Å²) in [6.45, 7) is 0.466. The Morgan fingerprint density at radius 3 is 2.95 bits per heavy atom. The number of anilines is 1. The van der Waals surface area contributed by atoms with Crippen LogP contribution in [0.15, 0.2) is 24.3 Å². The summed E-state index contributed by atoms with van der Waals surface area (Å²) in [4.78, 5) is 11.6. The Balaban J connectivity index is 2.00. The third-order valence-corrected chi connectivity index (χ3v) is 3.63. The molecule has 1 aliphatic heterocycles. The van der Waals surface area contributed by atoms with E-state index in [2.05, 4.69) is 5.10 Å². The number of hydrogen-bond acceptors (Lipinski definition) is 4. The Hall–Kier alpha value is -2.50. The third-order valence-electron chi connectivity index (χ3n) is 3.63. The van der Waals surface area contributed by atoms with Crippen molar-refractivity contribution < 1.29 is 9.53 Å². The summed E-state index contributed by atoms with van der Waals surface area (Å²) in [7, 11) is 1.70. The Labute approximate surface area is 116 Å². The summed E-state index contributed by atoms with van der Waals surface area (Å²) in [5.74, 6) is 0.611. The van der Waals surface area contributed by atoms with Gasteiger partial charge in [0.25, 0.3) is 5.91 Å². The van der Waals surface area contributed by atoms with Crippen LogP contribution in [0.5, 0.6) is 5.75 Å². The zero-order valence-corrected chi connectivity index (χ0v) is 11.2. The van der Waals surface area contributed by atoms with Crippen molar-refractivity contribution in [2.24, 2.45) is 12.8 Å². The standard InChI is InChI=1S/C14H16N4O2/c1-18-13(15)11(14(16)19)12(17-18)9-6-8-4-2-3-5-10(8)20-7-9/h2-5,9H,6-7,15H2,1H3,(H2,16,19). The van der Waals surface area contributed by atoms with Gasteiger partial charge in [-0.25, -0.2) is 0 Å². The molecule has 0 aliphatic carbocycles. The molecule has 1 unspecified atom stereocenters. The Morgan fingerprint density at radius 2 is 2.20 bits per heavy atom. The van der Waals surface area contributed by atoms with Crippen molar-refractivity contribution in [2.75, 3.05) is 12.3 Å². The summed E-state index contributed by atoms with van der Waals surface area (Å²) in [5, 5.41) is 4.34. The second kappa shape index (κ2) is 4.56. The molecule has 1 aromatic carbocycles.